The standard InChI is InChI=1S/C14H13NOS/c1-16-13-10-6-5-9-12(13)14(17)15-11-7-3-2-4-8-11/h2-10H,1H3,(H,15,17). The Bertz CT molecular complexity index is 511. The topological polar surface area (TPSA) is 21.3 Å². The molecule has 0 aliphatic carbocycles. The van der Waals surface area contributed by atoms with Crippen LogP contribution in [0.3, 0.4) is 0 Å². The van der Waals surface area contributed by atoms with Crippen LogP contribution in [0.2, 0.25) is 0 Å². The van der Waals surface area contributed by atoms with Crippen LogP contribution in [0.25, 0.3) is 0 Å². The maximum atomic E-state index is 5.37. The summed E-state index contributed by atoms with van der Waals surface area (Å²) >= 11 is 5.37. The second kappa shape index (κ2) is 5.46. The van der Waals surface area contributed by atoms with Crippen LogP contribution in [0.15, 0.2) is 54.6 Å². The Balaban J connectivity index is 2.20. The Morgan fingerprint density at radius 2 is 1.65 bits per heavy atom. The van der Waals surface area contributed by atoms with E-state index in [1.807, 2.05) is 54.6 Å². The summed E-state index contributed by atoms with van der Waals surface area (Å²) in [4.78, 5) is 0.661. The second-order valence-corrected chi connectivity index (χ2v) is 3.93. The molecule has 0 amide bonds. The van der Waals surface area contributed by atoms with E-state index in [1.54, 1.807) is 7.11 Å². The van der Waals surface area contributed by atoms with Crippen LogP contribution in [0.1, 0.15) is 5.56 Å². The number of rotatable bonds is 3. The zero-order valence-electron chi connectivity index (χ0n) is 9.51. The Morgan fingerprint density at radius 1 is 1.00 bits per heavy atom. The first kappa shape index (κ1) is 11.6. The largest absolute Gasteiger partial charge is 0.496 e. The van der Waals surface area contributed by atoms with Crippen molar-refractivity contribution in [3.63, 3.8) is 0 Å². The van der Waals surface area contributed by atoms with Crippen LogP contribution in [0.5, 0.6) is 5.75 Å². The van der Waals surface area contributed by atoms with Gasteiger partial charge in [-0.2, -0.15) is 0 Å². The van der Waals surface area contributed by atoms with Crippen LogP contribution >= 0.6 is 12.2 Å². The summed E-state index contributed by atoms with van der Waals surface area (Å²) in [5.41, 5.74) is 1.87. The molecule has 0 bridgehead atoms. The highest BCUT2D eigenvalue weighted by molar-refractivity contribution is 7.81. The SMILES string of the molecule is COc1ccccc1C(=S)Nc1ccccc1. The van der Waals surface area contributed by atoms with Crippen molar-refractivity contribution in [2.45, 2.75) is 0 Å². The van der Waals surface area contributed by atoms with Crippen molar-refractivity contribution in [3.05, 3.63) is 60.2 Å². The van der Waals surface area contributed by atoms with Gasteiger partial charge >= 0.3 is 0 Å². The van der Waals surface area contributed by atoms with Gasteiger partial charge in [-0.3, -0.25) is 0 Å². The average molecular weight is 243 g/mol. The summed E-state index contributed by atoms with van der Waals surface area (Å²) < 4.78 is 5.28. The summed E-state index contributed by atoms with van der Waals surface area (Å²) in [6.07, 6.45) is 0. The lowest BCUT2D eigenvalue weighted by Gasteiger charge is -2.11. The monoisotopic (exact) mass is 243 g/mol. The summed E-state index contributed by atoms with van der Waals surface area (Å²) in [5, 5.41) is 3.18. The number of anilines is 1. The fourth-order valence-electron chi connectivity index (χ4n) is 1.55. The number of thiocarbonyl (C=S) groups is 1. The van der Waals surface area contributed by atoms with Gasteiger partial charge in [-0.15, -0.1) is 0 Å². The first-order chi connectivity index (χ1) is 8.31. The second-order valence-electron chi connectivity index (χ2n) is 3.52. The molecule has 0 radical (unpaired) electrons. The quantitative estimate of drug-likeness (QED) is 0.834. The molecule has 0 spiro atoms. The van der Waals surface area contributed by atoms with E-state index in [9.17, 15) is 0 Å². The molecule has 2 aromatic carbocycles. The molecule has 1 N–H and O–H groups in total. The van der Waals surface area contributed by atoms with Gasteiger partial charge in [0.2, 0.25) is 0 Å². The molecule has 2 nitrogen and oxygen atoms in total. The van der Waals surface area contributed by atoms with Crippen LogP contribution in [0, 0.1) is 0 Å². The van der Waals surface area contributed by atoms with Gasteiger partial charge in [-0.25, -0.2) is 0 Å². The predicted molar refractivity (Wildman–Crippen MR) is 74.8 cm³/mol. The Labute approximate surface area is 106 Å². The molecule has 0 atom stereocenters. The van der Waals surface area contributed by atoms with Crippen LogP contribution < -0.4 is 10.1 Å². The lowest BCUT2D eigenvalue weighted by atomic mass is 10.2. The molecule has 0 aromatic heterocycles. The Morgan fingerprint density at radius 3 is 2.35 bits per heavy atom. The molecule has 86 valence electrons. The average Bonchev–Trinajstić information content (AvgIpc) is 2.40. The van der Waals surface area contributed by atoms with Gasteiger partial charge in [0.25, 0.3) is 0 Å². The van der Waals surface area contributed by atoms with E-state index in [2.05, 4.69) is 5.32 Å². The third-order valence-electron chi connectivity index (χ3n) is 2.38. The molecule has 3 heteroatoms. The first-order valence-corrected chi connectivity index (χ1v) is 5.71. The van der Waals surface area contributed by atoms with E-state index < -0.39 is 0 Å². The molecule has 0 unspecified atom stereocenters. The van der Waals surface area contributed by atoms with E-state index >= 15 is 0 Å². The number of nitrogens with one attached hydrogen (secondary N) is 1. The molecule has 0 heterocycles. The number of methoxy groups -OCH3 is 1. The van der Waals surface area contributed by atoms with Gasteiger partial charge in [0.15, 0.2) is 0 Å². The van der Waals surface area contributed by atoms with Crippen molar-refractivity contribution < 1.29 is 4.74 Å². The molecule has 0 aliphatic heterocycles. The van der Waals surface area contributed by atoms with E-state index in [4.69, 9.17) is 17.0 Å². The van der Waals surface area contributed by atoms with Crippen molar-refractivity contribution >= 4 is 22.9 Å². The number of hydrogen-bond acceptors (Lipinski definition) is 2. The minimum absolute atomic E-state index is 0.661. The van der Waals surface area contributed by atoms with Gasteiger partial charge < -0.3 is 10.1 Å². The normalized spacial score (nSPS) is 9.71. The summed E-state index contributed by atoms with van der Waals surface area (Å²) in [6, 6.07) is 17.6. The lowest BCUT2D eigenvalue weighted by Crippen LogP contribution is -2.11. The zero-order chi connectivity index (χ0) is 12.1. The van der Waals surface area contributed by atoms with E-state index in [1.165, 1.54) is 0 Å². The molecule has 0 saturated heterocycles. The predicted octanol–water partition coefficient (Wildman–Crippen LogP) is 3.48. The minimum atomic E-state index is 0.661. The summed E-state index contributed by atoms with van der Waals surface area (Å²) in [7, 11) is 1.64. The molecular formula is C14H13NOS. The maximum absolute atomic E-state index is 5.37. The van der Waals surface area contributed by atoms with Gasteiger partial charge in [0.05, 0.1) is 12.7 Å². The van der Waals surface area contributed by atoms with Crippen molar-refractivity contribution in [2.24, 2.45) is 0 Å². The van der Waals surface area contributed by atoms with Crippen LogP contribution in [-0.2, 0) is 0 Å². The summed E-state index contributed by atoms with van der Waals surface area (Å²) in [5.74, 6) is 0.779. The van der Waals surface area contributed by atoms with Crippen molar-refractivity contribution in [1.29, 1.82) is 0 Å². The maximum Gasteiger partial charge on any atom is 0.129 e. The van der Waals surface area contributed by atoms with E-state index in [0.29, 0.717) is 4.99 Å². The molecule has 0 aliphatic rings. The first-order valence-electron chi connectivity index (χ1n) is 5.30. The third-order valence-corrected chi connectivity index (χ3v) is 2.71. The highest BCUT2D eigenvalue weighted by atomic mass is 32.1. The molecule has 2 rings (SSSR count). The molecule has 0 saturated carbocycles. The fourth-order valence-corrected chi connectivity index (χ4v) is 1.84. The number of benzene rings is 2. The summed E-state index contributed by atoms with van der Waals surface area (Å²) in [6.45, 7) is 0. The lowest BCUT2D eigenvalue weighted by molar-refractivity contribution is 0.414. The third kappa shape index (κ3) is 2.82. The highest BCUT2D eigenvalue weighted by Crippen LogP contribution is 2.19. The molecule has 2 aromatic rings. The number of para-hydroxylation sites is 2. The van der Waals surface area contributed by atoms with Gasteiger partial charge in [-0.05, 0) is 24.3 Å². The molecule has 17 heavy (non-hydrogen) atoms. The van der Waals surface area contributed by atoms with Crippen molar-refractivity contribution in [2.75, 3.05) is 12.4 Å². The van der Waals surface area contributed by atoms with Gasteiger partial charge in [-0.1, -0.05) is 42.5 Å². The fraction of sp³-hybridized carbons (Fsp3) is 0.0714. The molecule has 0 fully saturated rings. The number of ether oxygens (including phenoxy) is 1. The number of hydrogen-bond donors (Lipinski definition) is 1. The van der Waals surface area contributed by atoms with E-state index in [0.717, 1.165) is 17.0 Å². The van der Waals surface area contributed by atoms with Crippen molar-refractivity contribution in [1.82, 2.24) is 0 Å². The Kier molecular flexibility index (Phi) is 3.73. The Hall–Kier alpha value is -1.87. The van der Waals surface area contributed by atoms with Crippen LogP contribution in [-0.4, -0.2) is 12.1 Å². The molecular weight excluding hydrogens is 230 g/mol. The van der Waals surface area contributed by atoms with Crippen molar-refractivity contribution in [3.8, 4) is 5.75 Å². The zero-order valence-corrected chi connectivity index (χ0v) is 10.3. The van der Waals surface area contributed by atoms with Gasteiger partial charge in [0.1, 0.15) is 10.7 Å². The smallest absolute Gasteiger partial charge is 0.129 e. The minimum Gasteiger partial charge on any atom is -0.496 e. The van der Waals surface area contributed by atoms with Crippen LogP contribution in [0.4, 0.5) is 5.69 Å². The van der Waals surface area contributed by atoms with E-state index in [-0.39, 0.29) is 0 Å². The highest BCUT2D eigenvalue weighted by Gasteiger charge is 2.07. The van der Waals surface area contributed by atoms with Gasteiger partial charge in [0, 0.05) is 5.69 Å².